The van der Waals surface area contributed by atoms with Gasteiger partial charge in [-0.05, 0) is 36.1 Å². The van der Waals surface area contributed by atoms with Gasteiger partial charge >= 0.3 is 0 Å². The summed E-state index contributed by atoms with van der Waals surface area (Å²) in [7, 11) is 0. The van der Waals surface area contributed by atoms with Gasteiger partial charge in [0.25, 0.3) is 11.5 Å². The molecule has 0 spiro atoms. The molecule has 6 heteroatoms. The van der Waals surface area contributed by atoms with Crippen molar-refractivity contribution in [1.82, 2.24) is 15.1 Å². The van der Waals surface area contributed by atoms with Crippen LogP contribution in [0, 0.1) is 6.92 Å². The average molecular weight is 405 g/mol. The number of hydrogen-bond donors (Lipinski definition) is 1. The van der Waals surface area contributed by atoms with Gasteiger partial charge in [-0.15, -0.1) is 0 Å². The van der Waals surface area contributed by atoms with E-state index < -0.39 is 0 Å². The van der Waals surface area contributed by atoms with E-state index in [-0.39, 0.29) is 31.2 Å². The number of nitrogens with zero attached hydrogens (tertiary/aromatic N) is 2. The van der Waals surface area contributed by atoms with Gasteiger partial charge in [0.15, 0.2) is 6.61 Å². The zero-order chi connectivity index (χ0) is 21.5. The molecule has 0 fully saturated rings. The highest BCUT2D eigenvalue weighted by molar-refractivity contribution is 5.77. The van der Waals surface area contributed by atoms with Gasteiger partial charge in [-0.2, -0.15) is 5.10 Å². The van der Waals surface area contributed by atoms with Gasteiger partial charge in [0, 0.05) is 18.2 Å². The maximum absolute atomic E-state index is 12.2. The highest BCUT2D eigenvalue weighted by Crippen LogP contribution is 2.27. The molecule has 1 amide bonds. The molecule has 0 radical (unpaired) electrons. The summed E-state index contributed by atoms with van der Waals surface area (Å²) in [6, 6.07) is 18.9. The molecule has 2 aromatic carbocycles. The zero-order valence-corrected chi connectivity index (χ0v) is 17.6. The molecule has 0 saturated heterocycles. The number of aromatic nitrogens is 2. The first-order valence-corrected chi connectivity index (χ1v) is 10.1. The SMILES string of the molecule is Cc1ccc(C(C)C)c(OCC(=O)NCCn2nc(-c3ccccc3)ccc2=O)c1. The molecule has 3 aromatic rings. The van der Waals surface area contributed by atoms with Crippen molar-refractivity contribution >= 4 is 5.91 Å². The molecule has 3 rings (SSSR count). The first-order valence-electron chi connectivity index (χ1n) is 10.1. The van der Waals surface area contributed by atoms with Gasteiger partial charge < -0.3 is 10.1 Å². The number of benzene rings is 2. The van der Waals surface area contributed by atoms with Crippen molar-refractivity contribution in [2.75, 3.05) is 13.2 Å². The summed E-state index contributed by atoms with van der Waals surface area (Å²) in [6.45, 7) is 6.67. The molecule has 0 atom stereocenters. The van der Waals surface area contributed by atoms with E-state index in [1.807, 2.05) is 55.5 Å². The van der Waals surface area contributed by atoms with Crippen LogP contribution in [0.5, 0.6) is 5.75 Å². The second-order valence-electron chi connectivity index (χ2n) is 7.48. The lowest BCUT2D eigenvalue weighted by atomic mass is 10.0. The highest BCUT2D eigenvalue weighted by atomic mass is 16.5. The van der Waals surface area contributed by atoms with Crippen molar-refractivity contribution in [2.24, 2.45) is 0 Å². The number of carbonyl (C=O) groups excluding carboxylic acids is 1. The lowest BCUT2D eigenvalue weighted by molar-refractivity contribution is -0.123. The number of aryl methyl sites for hydroxylation is 1. The lowest BCUT2D eigenvalue weighted by Crippen LogP contribution is -2.34. The van der Waals surface area contributed by atoms with Crippen LogP contribution in [-0.4, -0.2) is 28.8 Å². The Bertz CT molecular complexity index is 1060. The first kappa shape index (κ1) is 21.3. The number of hydrogen-bond acceptors (Lipinski definition) is 4. The van der Waals surface area contributed by atoms with Crippen LogP contribution in [0.2, 0.25) is 0 Å². The van der Waals surface area contributed by atoms with Gasteiger partial charge in [0.05, 0.1) is 12.2 Å². The third-order valence-corrected chi connectivity index (χ3v) is 4.73. The van der Waals surface area contributed by atoms with E-state index >= 15 is 0 Å². The van der Waals surface area contributed by atoms with Crippen LogP contribution in [0.1, 0.15) is 30.9 Å². The molecule has 0 aliphatic rings. The molecule has 6 nitrogen and oxygen atoms in total. The second kappa shape index (κ2) is 9.87. The topological polar surface area (TPSA) is 73.2 Å². The predicted octanol–water partition coefficient (Wildman–Crippen LogP) is 3.54. The normalized spacial score (nSPS) is 10.8. The highest BCUT2D eigenvalue weighted by Gasteiger charge is 2.10. The Hall–Kier alpha value is -3.41. The molecule has 30 heavy (non-hydrogen) atoms. The standard InChI is InChI=1S/C24H27N3O3/c1-17(2)20-10-9-18(3)15-22(20)30-16-23(28)25-13-14-27-24(29)12-11-21(26-27)19-7-5-4-6-8-19/h4-12,15,17H,13-14,16H2,1-3H3,(H,25,28). The Balaban J connectivity index is 1.55. The smallest absolute Gasteiger partial charge is 0.266 e. The number of amides is 1. The van der Waals surface area contributed by atoms with Crippen molar-refractivity contribution in [3.8, 4) is 17.0 Å². The van der Waals surface area contributed by atoms with E-state index in [4.69, 9.17) is 4.74 Å². The summed E-state index contributed by atoms with van der Waals surface area (Å²) in [5, 5.41) is 7.18. The molecule has 156 valence electrons. The van der Waals surface area contributed by atoms with Gasteiger partial charge in [0.2, 0.25) is 0 Å². The second-order valence-corrected chi connectivity index (χ2v) is 7.48. The molecule has 1 N–H and O–H groups in total. The fraction of sp³-hybridized carbons (Fsp3) is 0.292. The molecule has 0 aliphatic carbocycles. The van der Waals surface area contributed by atoms with Crippen LogP contribution < -0.4 is 15.6 Å². The summed E-state index contributed by atoms with van der Waals surface area (Å²) in [6.07, 6.45) is 0. The summed E-state index contributed by atoms with van der Waals surface area (Å²) in [4.78, 5) is 24.3. The summed E-state index contributed by atoms with van der Waals surface area (Å²) >= 11 is 0. The third-order valence-electron chi connectivity index (χ3n) is 4.73. The molecular formula is C24H27N3O3. The van der Waals surface area contributed by atoms with Gasteiger partial charge in [-0.25, -0.2) is 4.68 Å². The van der Waals surface area contributed by atoms with Crippen LogP contribution in [0.25, 0.3) is 11.3 Å². The van der Waals surface area contributed by atoms with Crippen LogP contribution in [0.15, 0.2) is 65.5 Å². The number of carbonyl (C=O) groups is 1. The minimum Gasteiger partial charge on any atom is -0.483 e. The minimum absolute atomic E-state index is 0.0739. The molecule has 0 saturated carbocycles. The van der Waals surface area contributed by atoms with Crippen LogP contribution >= 0.6 is 0 Å². The largest absolute Gasteiger partial charge is 0.483 e. The summed E-state index contributed by atoms with van der Waals surface area (Å²) in [5.41, 5.74) is 3.59. The molecular weight excluding hydrogens is 378 g/mol. The minimum atomic E-state index is -0.238. The van der Waals surface area contributed by atoms with Crippen molar-refractivity contribution in [1.29, 1.82) is 0 Å². The van der Waals surface area contributed by atoms with Crippen molar-refractivity contribution in [2.45, 2.75) is 33.2 Å². The molecule has 1 heterocycles. The predicted molar refractivity (Wildman–Crippen MR) is 118 cm³/mol. The van der Waals surface area contributed by atoms with Crippen LogP contribution in [-0.2, 0) is 11.3 Å². The van der Waals surface area contributed by atoms with Crippen LogP contribution in [0.3, 0.4) is 0 Å². The fourth-order valence-electron chi connectivity index (χ4n) is 3.11. The average Bonchev–Trinajstić information content (AvgIpc) is 2.74. The van der Waals surface area contributed by atoms with Crippen molar-refractivity contribution in [3.63, 3.8) is 0 Å². The van der Waals surface area contributed by atoms with Crippen molar-refractivity contribution in [3.05, 3.63) is 82.1 Å². The quantitative estimate of drug-likeness (QED) is 0.622. The van der Waals surface area contributed by atoms with E-state index in [9.17, 15) is 9.59 Å². The molecule has 1 aromatic heterocycles. The van der Waals surface area contributed by atoms with E-state index in [1.54, 1.807) is 6.07 Å². The Morgan fingerprint density at radius 2 is 1.87 bits per heavy atom. The molecule has 0 aliphatic heterocycles. The fourth-order valence-corrected chi connectivity index (χ4v) is 3.11. The third kappa shape index (κ3) is 5.56. The van der Waals surface area contributed by atoms with E-state index in [1.165, 1.54) is 10.7 Å². The monoisotopic (exact) mass is 405 g/mol. The van der Waals surface area contributed by atoms with E-state index in [2.05, 4.69) is 24.3 Å². The Labute approximate surface area is 176 Å². The Kier molecular flexibility index (Phi) is 7.01. The summed E-state index contributed by atoms with van der Waals surface area (Å²) < 4.78 is 7.11. The maximum Gasteiger partial charge on any atom is 0.266 e. The Morgan fingerprint density at radius 1 is 1.10 bits per heavy atom. The maximum atomic E-state index is 12.2. The van der Waals surface area contributed by atoms with Gasteiger partial charge in [-0.3, -0.25) is 9.59 Å². The van der Waals surface area contributed by atoms with E-state index in [0.29, 0.717) is 11.6 Å². The number of ether oxygens (including phenoxy) is 1. The number of rotatable bonds is 8. The van der Waals surface area contributed by atoms with Crippen LogP contribution in [0.4, 0.5) is 0 Å². The van der Waals surface area contributed by atoms with Gasteiger partial charge in [0.1, 0.15) is 5.75 Å². The number of nitrogens with one attached hydrogen (secondary N) is 1. The van der Waals surface area contributed by atoms with E-state index in [0.717, 1.165) is 22.4 Å². The zero-order valence-electron chi connectivity index (χ0n) is 17.6. The van der Waals surface area contributed by atoms with Crippen molar-refractivity contribution < 1.29 is 9.53 Å². The molecule has 0 bridgehead atoms. The summed E-state index contributed by atoms with van der Waals surface area (Å²) in [5.74, 6) is 0.797. The molecule has 0 unspecified atom stereocenters. The Morgan fingerprint density at radius 3 is 2.60 bits per heavy atom. The lowest BCUT2D eigenvalue weighted by Gasteiger charge is -2.15. The first-order chi connectivity index (χ1) is 14.4. The van der Waals surface area contributed by atoms with Gasteiger partial charge in [-0.1, -0.05) is 56.3 Å².